The van der Waals surface area contributed by atoms with E-state index in [0.717, 1.165) is 12.1 Å². The number of amides is 1. The Bertz CT molecular complexity index is 533. The number of aliphatic hydroxyl groups is 1. The number of halogens is 4. The van der Waals surface area contributed by atoms with Gasteiger partial charge < -0.3 is 15.5 Å². The average molecular weight is 356 g/mol. The number of carbonyl (C=O) groups is 2. The first-order valence-electron chi connectivity index (χ1n) is 5.18. The van der Waals surface area contributed by atoms with E-state index in [9.17, 15) is 22.8 Å². The van der Waals surface area contributed by atoms with Crippen LogP contribution >= 0.6 is 15.9 Å². The predicted octanol–water partition coefficient (Wildman–Crippen LogP) is 1.64. The van der Waals surface area contributed by atoms with Gasteiger partial charge >= 0.3 is 12.1 Å². The quantitative estimate of drug-likeness (QED) is 0.766. The van der Waals surface area contributed by atoms with Gasteiger partial charge in [0.1, 0.15) is 0 Å². The maximum atomic E-state index is 12.7. The van der Waals surface area contributed by atoms with Gasteiger partial charge in [-0.15, -0.1) is 0 Å². The lowest BCUT2D eigenvalue weighted by Gasteiger charge is -2.14. The third-order valence-electron chi connectivity index (χ3n) is 2.32. The lowest BCUT2D eigenvalue weighted by Crippen LogP contribution is -2.43. The fourth-order valence-electron chi connectivity index (χ4n) is 1.31. The number of aliphatic carboxylic acids is 1. The molecule has 0 fully saturated rings. The highest BCUT2D eigenvalue weighted by molar-refractivity contribution is 9.10. The summed E-state index contributed by atoms with van der Waals surface area (Å²) in [6, 6.07) is 1.15. The van der Waals surface area contributed by atoms with Gasteiger partial charge in [0.2, 0.25) is 0 Å². The van der Waals surface area contributed by atoms with Crippen LogP contribution in [0.15, 0.2) is 22.7 Å². The molecule has 3 N–H and O–H groups in total. The molecule has 0 radical (unpaired) electrons. The van der Waals surface area contributed by atoms with Crippen molar-refractivity contribution in [3.8, 4) is 0 Å². The van der Waals surface area contributed by atoms with E-state index in [2.05, 4.69) is 15.9 Å². The Balaban J connectivity index is 3.03. The van der Waals surface area contributed by atoms with E-state index in [4.69, 9.17) is 10.2 Å². The normalized spacial score (nSPS) is 12.8. The van der Waals surface area contributed by atoms with E-state index in [1.807, 2.05) is 5.32 Å². The van der Waals surface area contributed by atoms with Crippen molar-refractivity contribution >= 4 is 27.8 Å². The third-order valence-corrected chi connectivity index (χ3v) is 3.01. The molecule has 5 nitrogen and oxygen atoms in total. The van der Waals surface area contributed by atoms with Gasteiger partial charge in [-0.2, -0.15) is 13.2 Å². The highest BCUT2D eigenvalue weighted by Gasteiger charge is 2.33. The van der Waals surface area contributed by atoms with E-state index in [0.29, 0.717) is 6.07 Å². The van der Waals surface area contributed by atoms with Crippen LogP contribution in [0, 0.1) is 0 Å². The molecule has 9 heteroatoms. The molecule has 1 aromatic carbocycles. The molecule has 0 aliphatic heterocycles. The predicted molar refractivity (Wildman–Crippen MR) is 65.1 cm³/mol. The van der Waals surface area contributed by atoms with E-state index < -0.39 is 36.3 Å². The lowest BCUT2D eigenvalue weighted by atomic mass is 10.1. The number of carboxylic acids is 1. The molecule has 0 aliphatic rings. The maximum absolute atomic E-state index is 12.7. The number of alkyl halides is 3. The molecule has 0 aliphatic carbocycles. The summed E-state index contributed by atoms with van der Waals surface area (Å²) in [6.45, 7) is -0.871. The molecule has 1 amide bonds. The molecular formula is C11H9BrF3NO4. The molecule has 0 saturated heterocycles. The molecule has 1 rings (SSSR count). The average Bonchev–Trinajstić information content (AvgIpc) is 2.34. The smallest absolute Gasteiger partial charge is 0.417 e. The fourth-order valence-corrected chi connectivity index (χ4v) is 1.78. The summed E-state index contributed by atoms with van der Waals surface area (Å²) in [5, 5.41) is 19.3. The monoisotopic (exact) mass is 355 g/mol. The SMILES string of the molecule is O=C(N[C@H](CO)C(=O)O)c1ccc(Br)c(C(F)(F)F)c1. The van der Waals surface area contributed by atoms with Gasteiger partial charge in [0, 0.05) is 10.0 Å². The molecule has 0 bridgehead atoms. The molecule has 1 atom stereocenters. The molecule has 0 saturated carbocycles. The van der Waals surface area contributed by atoms with Gasteiger partial charge in [-0.3, -0.25) is 4.79 Å². The van der Waals surface area contributed by atoms with E-state index >= 15 is 0 Å². The Morgan fingerprint density at radius 1 is 1.35 bits per heavy atom. The zero-order valence-corrected chi connectivity index (χ0v) is 11.3. The summed E-state index contributed by atoms with van der Waals surface area (Å²) in [5.74, 6) is -2.52. The van der Waals surface area contributed by atoms with Crippen molar-refractivity contribution in [1.29, 1.82) is 0 Å². The zero-order chi connectivity index (χ0) is 15.5. The van der Waals surface area contributed by atoms with Gasteiger partial charge in [-0.05, 0) is 18.2 Å². The van der Waals surface area contributed by atoms with Crippen LogP contribution in [0.1, 0.15) is 15.9 Å². The maximum Gasteiger partial charge on any atom is 0.417 e. The summed E-state index contributed by atoms with van der Waals surface area (Å²) >= 11 is 2.72. The standard InChI is InChI=1S/C11H9BrF3NO4/c12-7-2-1-5(3-6(7)11(13,14)15)9(18)16-8(4-17)10(19)20/h1-3,8,17H,4H2,(H,16,18)(H,19,20)/t8-/m1/s1. The molecule has 0 heterocycles. The number of rotatable bonds is 4. The number of hydrogen-bond donors (Lipinski definition) is 3. The number of aliphatic hydroxyl groups excluding tert-OH is 1. The molecule has 1 aromatic rings. The number of benzene rings is 1. The Hall–Kier alpha value is -1.61. The second-order valence-electron chi connectivity index (χ2n) is 3.74. The summed E-state index contributed by atoms with van der Waals surface area (Å²) in [5.41, 5.74) is -1.42. The highest BCUT2D eigenvalue weighted by atomic mass is 79.9. The second-order valence-corrected chi connectivity index (χ2v) is 4.59. The molecule has 20 heavy (non-hydrogen) atoms. The van der Waals surface area contributed by atoms with Crippen molar-refractivity contribution in [2.75, 3.05) is 6.61 Å². The minimum Gasteiger partial charge on any atom is -0.480 e. The molecule has 0 spiro atoms. The summed E-state index contributed by atoms with van der Waals surface area (Å²) in [4.78, 5) is 22.3. The van der Waals surface area contributed by atoms with Gasteiger partial charge in [-0.1, -0.05) is 15.9 Å². The molecular weight excluding hydrogens is 347 g/mol. The van der Waals surface area contributed by atoms with Crippen molar-refractivity contribution in [3.05, 3.63) is 33.8 Å². The molecule has 0 aromatic heterocycles. The van der Waals surface area contributed by atoms with E-state index in [-0.39, 0.29) is 10.0 Å². The van der Waals surface area contributed by atoms with E-state index in [1.165, 1.54) is 0 Å². The van der Waals surface area contributed by atoms with Crippen LogP contribution in [0.3, 0.4) is 0 Å². The number of carbonyl (C=O) groups excluding carboxylic acids is 1. The first-order chi connectivity index (χ1) is 9.16. The van der Waals surface area contributed by atoms with E-state index in [1.54, 1.807) is 0 Å². The summed E-state index contributed by atoms with van der Waals surface area (Å²) in [6.07, 6.45) is -4.65. The van der Waals surface area contributed by atoms with Crippen molar-refractivity contribution < 1.29 is 33.0 Å². The van der Waals surface area contributed by atoms with Crippen LogP contribution in [0.4, 0.5) is 13.2 Å². The Morgan fingerprint density at radius 3 is 2.40 bits per heavy atom. The summed E-state index contributed by atoms with van der Waals surface area (Å²) < 4.78 is 37.7. The minimum absolute atomic E-state index is 0.238. The van der Waals surface area contributed by atoms with Crippen molar-refractivity contribution in [2.24, 2.45) is 0 Å². The summed E-state index contributed by atoms with van der Waals surface area (Å²) in [7, 11) is 0. The van der Waals surface area contributed by atoms with Crippen LogP contribution in [0.25, 0.3) is 0 Å². The number of carboxylic acid groups (broad SMARTS) is 1. The first-order valence-corrected chi connectivity index (χ1v) is 5.97. The topological polar surface area (TPSA) is 86.6 Å². The van der Waals surface area contributed by atoms with Gasteiger partial charge in [0.25, 0.3) is 5.91 Å². The minimum atomic E-state index is -4.65. The van der Waals surface area contributed by atoms with Gasteiger partial charge in [0.15, 0.2) is 6.04 Å². The molecule has 0 unspecified atom stereocenters. The number of nitrogens with one attached hydrogen (secondary N) is 1. The number of hydrogen-bond acceptors (Lipinski definition) is 3. The van der Waals surface area contributed by atoms with Gasteiger partial charge in [0.05, 0.1) is 12.2 Å². The van der Waals surface area contributed by atoms with Crippen molar-refractivity contribution in [2.45, 2.75) is 12.2 Å². The Labute approximate surface area is 119 Å². The fraction of sp³-hybridized carbons (Fsp3) is 0.273. The second kappa shape index (κ2) is 6.23. The largest absolute Gasteiger partial charge is 0.480 e. The van der Waals surface area contributed by atoms with Crippen LogP contribution in [0.5, 0.6) is 0 Å². The highest BCUT2D eigenvalue weighted by Crippen LogP contribution is 2.35. The van der Waals surface area contributed by atoms with Crippen molar-refractivity contribution in [1.82, 2.24) is 5.32 Å². The Kier molecular flexibility index (Phi) is 5.12. The molecule has 110 valence electrons. The zero-order valence-electron chi connectivity index (χ0n) is 9.74. The Morgan fingerprint density at radius 2 is 1.95 bits per heavy atom. The van der Waals surface area contributed by atoms with Crippen LogP contribution in [0.2, 0.25) is 0 Å². The first kappa shape index (κ1) is 16.4. The van der Waals surface area contributed by atoms with Crippen LogP contribution in [-0.4, -0.2) is 34.7 Å². The third kappa shape index (κ3) is 3.94. The van der Waals surface area contributed by atoms with Crippen LogP contribution < -0.4 is 5.32 Å². The van der Waals surface area contributed by atoms with Gasteiger partial charge in [-0.25, -0.2) is 4.79 Å². The van der Waals surface area contributed by atoms with Crippen LogP contribution in [-0.2, 0) is 11.0 Å². The lowest BCUT2D eigenvalue weighted by molar-refractivity contribution is -0.140. The van der Waals surface area contributed by atoms with Crippen molar-refractivity contribution in [3.63, 3.8) is 0 Å².